The van der Waals surface area contributed by atoms with Gasteiger partial charge in [0.25, 0.3) is 5.91 Å². The van der Waals surface area contributed by atoms with Gasteiger partial charge in [0, 0.05) is 43.5 Å². The fourth-order valence-electron chi connectivity index (χ4n) is 4.21. The minimum atomic E-state index is -0.114. The summed E-state index contributed by atoms with van der Waals surface area (Å²) in [4.78, 5) is 27.2. The lowest BCUT2D eigenvalue weighted by molar-refractivity contribution is 0.0595. The third kappa shape index (κ3) is 3.92. The van der Waals surface area contributed by atoms with Gasteiger partial charge in [0.2, 0.25) is 0 Å². The predicted molar refractivity (Wildman–Crippen MR) is 109 cm³/mol. The van der Waals surface area contributed by atoms with E-state index < -0.39 is 0 Å². The number of likely N-dealkylation sites (N-methyl/N-ethyl adjacent to an activating group) is 1. The van der Waals surface area contributed by atoms with Crippen molar-refractivity contribution in [2.45, 2.75) is 38.3 Å². The molecule has 1 amide bonds. The largest absolute Gasteiger partial charge is 0.497 e. The second-order valence-corrected chi connectivity index (χ2v) is 7.76. The first-order valence-electron chi connectivity index (χ1n) is 10.2. The van der Waals surface area contributed by atoms with Crippen molar-refractivity contribution in [1.82, 2.24) is 19.8 Å². The van der Waals surface area contributed by atoms with E-state index in [0.717, 1.165) is 50.3 Å². The number of amides is 1. The summed E-state index contributed by atoms with van der Waals surface area (Å²) in [6.07, 6.45) is 5.77. The van der Waals surface area contributed by atoms with Gasteiger partial charge in [-0.15, -0.1) is 0 Å². The molecule has 1 atom stereocenters. The normalized spacial score (nSPS) is 19.6. The SMILES string of the molecule is COc1ccc(OC)c(C(=O)N2CCCC[C@H]2c2ncc3c(n2)CCN(C)C3)c1. The maximum atomic E-state index is 13.5. The lowest BCUT2D eigenvalue weighted by atomic mass is 9.99. The van der Waals surface area contributed by atoms with Crippen LogP contribution in [-0.4, -0.2) is 60.0 Å². The molecule has 0 bridgehead atoms. The topological polar surface area (TPSA) is 67.8 Å². The maximum Gasteiger partial charge on any atom is 0.258 e. The number of piperidine rings is 1. The fourth-order valence-corrected chi connectivity index (χ4v) is 4.21. The Balaban J connectivity index is 1.66. The second-order valence-electron chi connectivity index (χ2n) is 7.76. The Bertz CT molecular complexity index is 902. The first kappa shape index (κ1) is 19.6. The number of likely N-dealkylation sites (tertiary alicyclic amines) is 1. The number of benzene rings is 1. The molecule has 0 N–H and O–H groups in total. The number of aromatic nitrogens is 2. The van der Waals surface area contributed by atoms with Gasteiger partial charge in [-0.2, -0.15) is 0 Å². The molecule has 29 heavy (non-hydrogen) atoms. The summed E-state index contributed by atoms with van der Waals surface area (Å²) in [6.45, 7) is 2.56. The quantitative estimate of drug-likeness (QED) is 0.792. The summed E-state index contributed by atoms with van der Waals surface area (Å²) in [5, 5.41) is 0. The van der Waals surface area contributed by atoms with E-state index in [1.807, 2.05) is 11.1 Å². The minimum absolute atomic E-state index is 0.0634. The molecule has 2 aromatic rings. The number of carbonyl (C=O) groups excluding carboxylic acids is 1. The molecule has 0 spiro atoms. The molecule has 154 valence electrons. The third-order valence-electron chi connectivity index (χ3n) is 5.84. The molecule has 7 heteroatoms. The number of carbonyl (C=O) groups is 1. The van der Waals surface area contributed by atoms with E-state index in [-0.39, 0.29) is 11.9 Å². The van der Waals surface area contributed by atoms with Gasteiger partial charge < -0.3 is 19.3 Å². The molecule has 1 aromatic carbocycles. The number of hydrogen-bond acceptors (Lipinski definition) is 6. The highest BCUT2D eigenvalue weighted by atomic mass is 16.5. The zero-order chi connectivity index (χ0) is 20.4. The van der Waals surface area contributed by atoms with Crippen molar-refractivity contribution >= 4 is 5.91 Å². The van der Waals surface area contributed by atoms with Crippen molar-refractivity contribution in [1.29, 1.82) is 0 Å². The Kier molecular flexibility index (Phi) is 5.67. The van der Waals surface area contributed by atoms with Crippen LogP contribution in [0.25, 0.3) is 0 Å². The van der Waals surface area contributed by atoms with Crippen LogP contribution < -0.4 is 9.47 Å². The number of hydrogen-bond donors (Lipinski definition) is 0. The molecule has 2 aliphatic rings. The summed E-state index contributed by atoms with van der Waals surface area (Å²) in [5.41, 5.74) is 2.81. The summed E-state index contributed by atoms with van der Waals surface area (Å²) in [7, 11) is 5.29. The molecule has 3 heterocycles. The van der Waals surface area contributed by atoms with Gasteiger partial charge in [0.05, 0.1) is 25.8 Å². The third-order valence-corrected chi connectivity index (χ3v) is 5.84. The fraction of sp³-hybridized carbons (Fsp3) is 0.500. The standard InChI is InChI=1S/C22H28N4O3/c1-25-11-9-18-15(14-25)13-23-21(24-18)19-6-4-5-10-26(19)22(27)17-12-16(28-2)7-8-20(17)29-3/h7-8,12-13,19H,4-6,9-11,14H2,1-3H3/t19-/m0/s1. The van der Waals surface area contributed by atoms with Crippen LogP contribution in [-0.2, 0) is 13.0 Å². The number of ether oxygens (including phenoxy) is 2. The zero-order valence-electron chi connectivity index (χ0n) is 17.4. The van der Waals surface area contributed by atoms with Crippen LogP contribution in [0, 0.1) is 0 Å². The molecule has 7 nitrogen and oxygen atoms in total. The lowest BCUT2D eigenvalue weighted by Gasteiger charge is -2.35. The maximum absolute atomic E-state index is 13.5. The van der Waals surface area contributed by atoms with Crippen LogP contribution in [0.1, 0.15) is 52.7 Å². The van der Waals surface area contributed by atoms with Crippen LogP contribution in [0.2, 0.25) is 0 Å². The van der Waals surface area contributed by atoms with Crippen molar-refractivity contribution in [2.24, 2.45) is 0 Å². The Morgan fingerprint density at radius 2 is 2.03 bits per heavy atom. The van der Waals surface area contributed by atoms with E-state index in [0.29, 0.717) is 23.6 Å². The smallest absolute Gasteiger partial charge is 0.258 e. The number of rotatable bonds is 4. The molecule has 0 aliphatic carbocycles. The van der Waals surface area contributed by atoms with E-state index in [2.05, 4.69) is 16.9 Å². The van der Waals surface area contributed by atoms with E-state index >= 15 is 0 Å². The molecule has 0 unspecified atom stereocenters. The highest BCUT2D eigenvalue weighted by molar-refractivity contribution is 5.97. The van der Waals surface area contributed by atoms with Gasteiger partial charge in [-0.25, -0.2) is 9.97 Å². The van der Waals surface area contributed by atoms with Crippen molar-refractivity contribution in [2.75, 3.05) is 34.4 Å². The van der Waals surface area contributed by atoms with Crippen molar-refractivity contribution < 1.29 is 14.3 Å². The summed E-state index contributed by atoms with van der Waals surface area (Å²) in [6, 6.07) is 5.21. The molecule has 1 fully saturated rings. The van der Waals surface area contributed by atoms with E-state index in [1.54, 1.807) is 32.4 Å². The Hall–Kier alpha value is -2.67. The molecular weight excluding hydrogens is 368 g/mol. The van der Waals surface area contributed by atoms with Crippen molar-refractivity contribution in [3.8, 4) is 11.5 Å². The van der Waals surface area contributed by atoms with Crippen LogP contribution in [0.15, 0.2) is 24.4 Å². The molecule has 4 rings (SSSR count). The van der Waals surface area contributed by atoms with Crippen LogP contribution >= 0.6 is 0 Å². The lowest BCUT2D eigenvalue weighted by Crippen LogP contribution is -2.40. The van der Waals surface area contributed by atoms with Gasteiger partial charge in [-0.3, -0.25) is 4.79 Å². The Morgan fingerprint density at radius 1 is 1.17 bits per heavy atom. The van der Waals surface area contributed by atoms with E-state index in [9.17, 15) is 4.79 Å². The monoisotopic (exact) mass is 396 g/mol. The predicted octanol–water partition coefficient (Wildman–Crippen LogP) is 2.85. The minimum Gasteiger partial charge on any atom is -0.497 e. The van der Waals surface area contributed by atoms with Crippen LogP contribution in [0.4, 0.5) is 0 Å². The average Bonchev–Trinajstić information content (AvgIpc) is 2.77. The van der Waals surface area contributed by atoms with Crippen molar-refractivity contribution in [3.63, 3.8) is 0 Å². The van der Waals surface area contributed by atoms with Gasteiger partial charge in [0.15, 0.2) is 5.82 Å². The van der Waals surface area contributed by atoms with Gasteiger partial charge in [-0.1, -0.05) is 0 Å². The Morgan fingerprint density at radius 3 is 2.83 bits per heavy atom. The highest BCUT2D eigenvalue weighted by Crippen LogP contribution is 2.34. The summed E-state index contributed by atoms with van der Waals surface area (Å²) < 4.78 is 10.8. The first-order valence-corrected chi connectivity index (χ1v) is 10.2. The van der Waals surface area contributed by atoms with E-state index in [4.69, 9.17) is 14.5 Å². The number of nitrogens with zero attached hydrogens (tertiary/aromatic N) is 4. The summed E-state index contributed by atoms with van der Waals surface area (Å²) in [5.74, 6) is 1.88. The zero-order valence-corrected chi connectivity index (χ0v) is 17.4. The molecule has 0 radical (unpaired) electrons. The second kappa shape index (κ2) is 8.37. The summed E-state index contributed by atoms with van der Waals surface area (Å²) >= 11 is 0. The van der Waals surface area contributed by atoms with Crippen molar-refractivity contribution in [3.05, 3.63) is 47.0 Å². The number of methoxy groups -OCH3 is 2. The first-order chi connectivity index (χ1) is 14.1. The average molecular weight is 396 g/mol. The van der Waals surface area contributed by atoms with Gasteiger partial charge in [0.1, 0.15) is 11.5 Å². The van der Waals surface area contributed by atoms with E-state index in [1.165, 1.54) is 5.56 Å². The molecule has 2 aliphatic heterocycles. The highest BCUT2D eigenvalue weighted by Gasteiger charge is 2.33. The van der Waals surface area contributed by atoms with Crippen LogP contribution in [0.3, 0.4) is 0 Å². The molecule has 0 saturated carbocycles. The van der Waals surface area contributed by atoms with Gasteiger partial charge in [-0.05, 0) is 44.5 Å². The van der Waals surface area contributed by atoms with Crippen LogP contribution in [0.5, 0.6) is 11.5 Å². The Labute approximate surface area is 171 Å². The molecule has 1 saturated heterocycles. The molecular formula is C22H28N4O3. The molecule has 1 aromatic heterocycles. The van der Waals surface area contributed by atoms with Gasteiger partial charge >= 0.3 is 0 Å². The number of fused-ring (bicyclic) bond motifs is 1.